The molecule has 19 heavy (non-hydrogen) atoms. The zero-order valence-corrected chi connectivity index (χ0v) is 12.5. The van der Waals surface area contributed by atoms with Crippen molar-refractivity contribution in [3.8, 4) is 0 Å². The van der Waals surface area contributed by atoms with E-state index in [0.29, 0.717) is 0 Å². The fourth-order valence-electron chi connectivity index (χ4n) is 2.08. The van der Waals surface area contributed by atoms with Gasteiger partial charge in [-0.25, -0.2) is 4.98 Å². The van der Waals surface area contributed by atoms with Crippen LogP contribution in [0.15, 0.2) is 42.7 Å². The van der Waals surface area contributed by atoms with Crippen molar-refractivity contribution < 1.29 is 0 Å². The van der Waals surface area contributed by atoms with Gasteiger partial charge in [-0.3, -0.25) is 0 Å². The molecule has 2 rings (SSSR count). The van der Waals surface area contributed by atoms with Crippen LogP contribution in [0.2, 0.25) is 0 Å². The topological polar surface area (TPSA) is 16.1 Å². The molecule has 0 amide bonds. The average molecular weight is 254 g/mol. The molecule has 0 atom stereocenters. The largest absolute Gasteiger partial charge is 0.334 e. The standard InChI is InChI=1S/C17H22N2/c1-12(2)19(6)16-15-8-7-14(17(3,4)5)11-13(15)9-10-18-16/h7-11H,1H2,2-6H3. The average Bonchev–Trinajstić information content (AvgIpc) is 2.35. The minimum absolute atomic E-state index is 0.165. The van der Waals surface area contributed by atoms with Gasteiger partial charge in [0.1, 0.15) is 5.82 Å². The van der Waals surface area contributed by atoms with Gasteiger partial charge in [0.25, 0.3) is 0 Å². The highest BCUT2D eigenvalue weighted by Gasteiger charge is 2.15. The van der Waals surface area contributed by atoms with Crippen molar-refractivity contribution in [3.05, 3.63) is 48.3 Å². The molecule has 2 nitrogen and oxygen atoms in total. The van der Waals surface area contributed by atoms with Gasteiger partial charge in [-0.1, -0.05) is 45.5 Å². The van der Waals surface area contributed by atoms with Gasteiger partial charge in [0.05, 0.1) is 0 Å². The normalized spacial score (nSPS) is 11.6. The molecule has 0 fully saturated rings. The van der Waals surface area contributed by atoms with Crippen LogP contribution in [0.4, 0.5) is 5.82 Å². The predicted molar refractivity (Wildman–Crippen MR) is 83.7 cm³/mol. The number of hydrogen-bond acceptors (Lipinski definition) is 2. The molecule has 0 aliphatic heterocycles. The van der Waals surface area contributed by atoms with Crippen LogP contribution in [0.3, 0.4) is 0 Å². The van der Waals surface area contributed by atoms with Gasteiger partial charge in [-0.05, 0) is 29.4 Å². The third kappa shape index (κ3) is 2.62. The van der Waals surface area contributed by atoms with E-state index in [9.17, 15) is 0 Å². The summed E-state index contributed by atoms with van der Waals surface area (Å²) in [5, 5.41) is 2.39. The van der Waals surface area contributed by atoms with Crippen molar-refractivity contribution in [2.45, 2.75) is 33.1 Å². The highest BCUT2D eigenvalue weighted by Crippen LogP contribution is 2.30. The second-order valence-corrected chi connectivity index (χ2v) is 6.11. The summed E-state index contributed by atoms with van der Waals surface area (Å²) in [6.45, 7) is 12.7. The molecule has 2 aromatic rings. The van der Waals surface area contributed by atoms with Crippen LogP contribution in [0.1, 0.15) is 33.3 Å². The van der Waals surface area contributed by atoms with Gasteiger partial charge < -0.3 is 4.90 Å². The summed E-state index contributed by atoms with van der Waals surface area (Å²) in [4.78, 5) is 6.51. The van der Waals surface area contributed by atoms with Gasteiger partial charge in [0, 0.05) is 24.3 Å². The summed E-state index contributed by atoms with van der Waals surface area (Å²) in [5.41, 5.74) is 2.49. The first-order valence-corrected chi connectivity index (χ1v) is 6.59. The summed E-state index contributed by atoms with van der Waals surface area (Å²) in [6.07, 6.45) is 1.86. The monoisotopic (exact) mass is 254 g/mol. The predicted octanol–water partition coefficient (Wildman–Crippen LogP) is 4.50. The van der Waals surface area contributed by atoms with Gasteiger partial charge in [-0.2, -0.15) is 0 Å². The first-order valence-electron chi connectivity index (χ1n) is 6.59. The minimum atomic E-state index is 0.165. The molecule has 0 aliphatic rings. The smallest absolute Gasteiger partial charge is 0.140 e. The second kappa shape index (κ2) is 4.69. The van der Waals surface area contributed by atoms with Gasteiger partial charge in [-0.15, -0.1) is 0 Å². The Kier molecular flexibility index (Phi) is 3.36. The molecule has 0 unspecified atom stereocenters. The summed E-state index contributed by atoms with van der Waals surface area (Å²) < 4.78 is 0. The van der Waals surface area contributed by atoms with E-state index in [1.807, 2.05) is 25.1 Å². The maximum Gasteiger partial charge on any atom is 0.140 e. The Hall–Kier alpha value is -1.83. The van der Waals surface area contributed by atoms with E-state index < -0.39 is 0 Å². The first kappa shape index (κ1) is 13.6. The van der Waals surface area contributed by atoms with E-state index in [1.54, 1.807) is 0 Å². The van der Waals surface area contributed by atoms with Crippen LogP contribution in [0.5, 0.6) is 0 Å². The number of aromatic nitrogens is 1. The van der Waals surface area contributed by atoms with Crippen LogP contribution in [-0.4, -0.2) is 12.0 Å². The molecule has 0 saturated carbocycles. The molecule has 2 heteroatoms. The molecule has 0 spiro atoms. The molecule has 0 saturated heterocycles. The molecular weight excluding hydrogens is 232 g/mol. The number of allylic oxidation sites excluding steroid dienone is 1. The highest BCUT2D eigenvalue weighted by molar-refractivity contribution is 5.93. The second-order valence-electron chi connectivity index (χ2n) is 6.11. The maximum atomic E-state index is 4.48. The molecule has 0 N–H and O–H groups in total. The van der Waals surface area contributed by atoms with Crippen LogP contribution in [-0.2, 0) is 5.41 Å². The van der Waals surface area contributed by atoms with Crippen molar-refractivity contribution in [3.63, 3.8) is 0 Å². The van der Waals surface area contributed by atoms with E-state index in [2.05, 4.69) is 56.6 Å². The maximum absolute atomic E-state index is 4.48. The van der Waals surface area contributed by atoms with Crippen LogP contribution < -0.4 is 4.90 Å². The molecule has 1 heterocycles. The van der Waals surface area contributed by atoms with E-state index in [1.165, 1.54) is 16.3 Å². The van der Waals surface area contributed by atoms with Crippen molar-refractivity contribution in [1.82, 2.24) is 4.98 Å². The third-order valence-corrected chi connectivity index (χ3v) is 3.50. The highest BCUT2D eigenvalue weighted by atomic mass is 15.2. The minimum Gasteiger partial charge on any atom is -0.334 e. The quantitative estimate of drug-likeness (QED) is 0.784. The Morgan fingerprint density at radius 1 is 1.21 bits per heavy atom. The van der Waals surface area contributed by atoms with Crippen LogP contribution in [0.25, 0.3) is 10.8 Å². The Morgan fingerprint density at radius 3 is 2.47 bits per heavy atom. The Labute approximate surface area is 115 Å². The molecule has 0 bridgehead atoms. The summed E-state index contributed by atoms with van der Waals surface area (Å²) in [7, 11) is 2.00. The Balaban J connectivity index is 2.62. The van der Waals surface area contributed by atoms with E-state index in [-0.39, 0.29) is 5.41 Å². The fourth-order valence-corrected chi connectivity index (χ4v) is 2.08. The van der Waals surface area contributed by atoms with Crippen LogP contribution >= 0.6 is 0 Å². The fraction of sp³-hybridized carbons (Fsp3) is 0.353. The number of anilines is 1. The number of fused-ring (bicyclic) bond motifs is 1. The molecule has 1 aromatic carbocycles. The van der Waals surface area contributed by atoms with Crippen molar-refractivity contribution in [1.29, 1.82) is 0 Å². The molecule has 0 aliphatic carbocycles. The number of pyridine rings is 1. The molecule has 0 radical (unpaired) electrons. The molecule has 1 aromatic heterocycles. The first-order chi connectivity index (χ1) is 8.80. The number of rotatable bonds is 2. The van der Waals surface area contributed by atoms with E-state index in [4.69, 9.17) is 0 Å². The SMILES string of the molecule is C=C(C)N(C)c1nccc2cc(C(C)(C)C)ccc12. The number of hydrogen-bond donors (Lipinski definition) is 0. The van der Waals surface area contributed by atoms with Crippen molar-refractivity contribution in [2.24, 2.45) is 0 Å². The Bertz CT molecular complexity index is 621. The van der Waals surface area contributed by atoms with Crippen molar-refractivity contribution in [2.75, 3.05) is 11.9 Å². The van der Waals surface area contributed by atoms with E-state index in [0.717, 1.165) is 11.5 Å². The number of benzene rings is 1. The number of nitrogens with zero attached hydrogens (tertiary/aromatic N) is 2. The summed E-state index contributed by atoms with van der Waals surface area (Å²) in [6, 6.07) is 8.69. The lowest BCUT2D eigenvalue weighted by Gasteiger charge is -2.22. The molecular formula is C17H22N2. The van der Waals surface area contributed by atoms with Gasteiger partial charge in [0.2, 0.25) is 0 Å². The lowest BCUT2D eigenvalue weighted by Crippen LogP contribution is -2.15. The Morgan fingerprint density at radius 2 is 1.89 bits per heavy atom. The van der Waals surface area contributed by atoms with Gasteiger partial charge >= 0.3 is 0 Å². The zero-order chi connectivity index (χ0) is 14.2. The third-order valence-electron chi connectivity index (χ3n) is 3.50. The zero-order valence-electron chi connectivity index (χ0n) is 12.5. The van der Waals surface area contributed by atoms with Crippen LogP contribution in [0, 0.1) is 0 Å². The lowest BCUT2D eigenvalue weighted by atomic mass is 9.86. The van der Waals surface area contributed by atoms with Crippen molar-refractivity contribution >= 4 is 16.6 Å². The summed E-state index contributed by atoms with van der Waals surface area (Å²) in [5.74, 6) is 0.963. The van der Waals surface area contributed by atoms with E-state index >= 15 is 0 Å². The molecule has 100 valence electrons. The summed E-state index contributed by atoms with van der Waals surface area (Å²) >= 11 is 0. The van der Waals surface area contributed by atoms with Gasteiger partial charge in [0.15, 0.2) is 0 Å². The lowest BCUT2D eigenvalue weighted by molar-refractivity contribution is 0.591.